The average Bonchev–Trinajstić information content (AvgIpc) is 2.63. The molecule has 132 valence electrons. The molecule has 25 heavy (non-hydrogen) atoms. The van der Waals surface area contributed by atoms with Gasteiger partial charge in [0.25, 0.3) is 0 Å². The Kier molecular flexibility index (Phi) is 6.06. The van der Waals surface area contributed by atoms with Crippen LogP contribution in [0.4, 0.5) is 5.95 Å². The normalized spacial score (nSPS) is 15.0. The van der Waals surface area contributed by atoms with E-state index in [2.05, 4.69) is 20.2 Å². The van der Waals surface area contributed by atoms with Crippen molar-refractivity contribution >= 4 is 23.5 Å². The Morgan fingerprint density at radius 3 is 2.72 bits per heavy atom. The van der Waals surface area contributed by atoms with Crippen LogP contribution in [0.1, 0.15) is 19.3 Å². The van der Waals surface area contributed by atoms with Crippen LogP contribution < -0.4 is 15.0 Å². The number of rotatable bonds is 6. The smallest absolute Gasteiger partial charge is 0.225 e. The molecule has 0 spiro atoms. The summed E-state index contributed by atoms with van der Waals surface area (Å²) in [5.74, 6) is 1.44. The summed E-state index contributed by atoms with van der Waals surface area (Å²) in [4.78, 5) is 22.7. The molecule has 0 aliphatic carbocycles. The zero-order valence-corrected chi connectivity index (χ0v) is 14.7. The van der Waals surface area contributed by atoms with E-state index < -0.39 is 0 Å². The molecule has 1 fully saturated rings. The summed E-state index contributed by atoms with van der Waals surface area (Å²) < 4.78 is 5.55. The van der Waals surface area contributed by atoms with Crippen LogP contribution in [0.3, 0.4) is 0 Å². The van der Waals surface area contributed by atoms with Gasteiger partial charge in [0, 0.05) is 36.5 Å². The van der Waals surface area contributed by atoms with E-state index in [4.69, 9.17) is 16.3 Å². The van der Waals surface area contributed by atoms with Crippen molar-refractivity contribution in [2.24, 2.45) is 0 Å². The van der Waals surface area contributed by atoms with Crippen molar-refractivity contribution in [2.45, 2.75) is 25.3 Å². The van der Waals surface area contributed by atoms with Crippen LogP contribution in [0, 0.1) is 0 Å². The number of ether oxygens (including phenoxy) is 1. The topological polar surface area (TPSA) is 67.3 Å². The van der Waals surface area contributed by atoms with E-state index in [1.165, 1.54) is 0 Å². The summed E-state index contributed by atoms with van der Waals surface area (Å²) in [7, 11) is 0. The summed E-state index contributed by atoms with van der Waals surface area (Å²) in [5.41, 5.74) is 0. The second kappa shape index (κ2) is 8.67. The SMILES string of the molecule is O=C(CCOc1cccc(Cl)c1)NC1CCN(c2ncccn2)CC1. The van der Waals surface area contributed by atoms with Gasteiger partial charge in [0.1, 0.15) is 5.75 Å². The average molecular weight is 361 g/mol. The van der Waals surface area contributed by atoms with Crippen LogP contribution in [-0.2, 0) is 4.79 Å². The lowest BCUT2D eigenvalue weighted by Gasteiger charge is -2.32. The molecule has 1 aliphatic heterocycles. The maximum absolute atomic E-state index is 12.1. The van der Waals surface area contributed by atoms with Gasteiger partial charge in [0.05, 0.1) is 13.0 Å². The predicted octanol–water partition coefficient (Wildman–Crippen LogP) is 2.68. The molecule has 2 heterocycles. The van der Waals surface area contributed by atoms with Crippen molar-refractivity contribution in [1.29, 1.82) is 0 Å². The highest BCUT2D eigenvalue weighted by Gasteiger charge is 2.21. The minimum Gasteiger partial charge on any atom is -0.493 e. The highest BCUT2D eigenvalue weighted by molar-refractivity contribution is 6.30. The molecule has 0 bridgehead atoms. The number of nitrogens with zero attached hydrogens (tertiary/aromatic N) is 3. The Morgan fingerprint density at radius 2 is 2.00 bits per heavy atom. The summed E-state index contributed by atoms with van der Waals surface area (Å²) in [6.45, 7) is 2.02. The van der Waals surface area contributed by atoms with Gasteiger partial charge in [-0.2, -0.15) is 0 Å². The molecule has 0 radical (unpaired) electrons. The third kappa shape index (κ3) is 5.32. The minimum atomic E-state index is 0.0106. The molecular formula is C18H21ClN4O2. The Bertz CT molecular complexity index is 690. The van der Waals surface area contributed by atoms with Gasteiger partial charge in [-0.3, -0.25) is 4.79 Å². The largest absolute Gasteiger partial charge is 0.493 e. The van der Waals surface area contributed by atoms with E-state index in [1.807, 2.05) is 18.2 Å². The molecule has 0 saturated carbocycles. The van der Waals surface area contributed by atoms with Crippen LogP contribution in [-0.4, -0.2) is 41.6 Å². The first-order valence-corrected chi connectivity index (χ1v) is 8.78. The van der Waals surface area contributed by atoms with Crippen LogP contribution >= 0.6 is 11.6 Å². The van der Waals surface area contributed by atoms with Crippen LogP contribution in [0.25, 0.3) is 0 Å². The second-order valence-corrected chi connectivity index (χ2v) is 6.37. The summed E-state index contributed by atoms with van der Waals surface area (Å²) >= 11 is 5.90. The number of piperidine rings is 1. The number of amides is 1. The molecule has 1 amide bonds. The van der Waals surface area contributed by atoms with Gasteiger partial charge in [-0.05, 0) is 37.1 Å². The monoisotopic (exact) mass is 360 g/mol. The fourth-order valence-corrected chi connectivity index (χ4v) is 2.98. The lowest BCUT2D eigenvalue weighted by Crippen LogP contribution is -2.45. The number of nitrogens with one attached hydrogen (secondary N) is 1. The number of anilines is 1. The van der Waals surface area contributed by atoms with Gasteiger partial charge in [-0.15, -0.1) is 0 Å². The number of aromatic nitrogens is 2. The summed E-state index contributed by atoms with van der Waals surface area (Å²) in [6, 6.07) is 9.17. The Balaban J connectivity index is 1.36. The first kappa shape index (κ1) is 17.5. The van der Waals surface area contributed by atoms with E-state index in [1.54, 1.807) is 24.5 Å². The van der Waals surface area contributed by atoms with Gasteiger partial charge >= 0.3 is 0 Å². The third-order valence-corrected chi connectivity index (χ3v) is 4.32. The van der Waals surface area contributed by atoms with E-state index >= 15 is 0 Å². The molecule has 6 nitrogen and oxygen atoms in total. The lowest BCUT2D eigenvalue weighted by molar-refractivity contribution is -0.122. The van der Waals surface area contributed by atoms with E-state index in [0.717, 1.165) is 31.9 Å². The molecule has 3 rings (SSSR count). The Hall–Kier alpha value is -2.34. The number of hydrogen-bond acceptors (Lipinski definition) is 5. The molecule has 0 unspecified atom stereocenters. The fraction of sp³-hybridized carbons (Fsp3) is 0.389. The van der Waals surface area contributed by atoms with Gasteiger partial charge < -0.3 is 15.0 Å². The van der Waals surface area contributed by atoms with Gasteiger partial charge in [-0.25, -0.2) is 9.97 Å². The zero-order chi connectivity index (χ0) is 17.5. The lowest BCUT2D eigenvalue weighted by atomic mass is 10.1. The summed E-state index contributed by atoms with van der Waals surface area (Å²) in [6.07, 6.45) is 5.60. The van der Waals surface area contributed by atoms with Gasteiger partial charge in [0.15, 0.2) is 0 Å². The quantitative estimate of drug-likeness (QED) is 0.857. The van der Waals surface area contributed by atoms with Crippen LogP contribution in [0.5, 0.6) is 5.75 Å². The van der Waals surface area contributed by atoms with Crippen molar-refractivity contribution in [1.82, 2.24) is 15.3 Å². The molecule has 1 aliphatic rings. The van der Waals surface area contributed by atoms with Crippen LogP contribution in [0.2, 0.25) is 5.02 Å². The number of carbonyl (C=O) groups excluding carboxylic acids is 1. The van der Waals surface area contributed by atoms with E-state index in [-0.39, 0.29) is 11.9 Å². The highest BCUT2D eigenvalue weighted by Crippen LogP contribution is 2.17. The van der Waals surface area contributed by atoms with Crippen molar-refractivity contribution < 1.29 is 9.53 Å². The maximum atomic E-state index is 12.1. The molecule has 1 aromatic carbocycles. The molecule has 0 atom stereocenters. The Labute approximate surface area is 152 Å². The standard InChI is InChI=1S/C18H21ClN4O2/c19-14-3-1-4-16(13-14)25-12-7-17(24)22-15-5-10-23(11-6-15)18-20-8-2-9-21-18/h1-4,8-9,13,15H,5-7,10-12H2,(H,22,24). The van der Waals surface area contributed by atoms with E-state index in [9.17, 15) is 4.79 Å². The zero-order valence-electron chi connectivity index (χ0n) is 13.9. The first-order valence-electron chi connectivity index (χ1n) is 8.40. The van der Waals surface area contributed by atoms with Gasteiger partial charge in [0.2, 0.25) is 11.9 Å². The minimum absolute atomic E-state index is 0.0106. The van der Waals surface area contributed by atoms with Crippen molar-refractivity contribution in [2.75, 3.05) is 24.6 Å². The molecular weight excluding hydrogens is 340 g/mol. The number of hydrogen-bond donors (Lipinski definition) is 1. The molecule has 2 aromatic rings. The van der Waals surface area contributed by atoms with Gasteiger partial charge in [-0.1, -0.05) is 17.7 Å². The number of halogens is 1. The molecule has 1 aromatic heterocycles. The summed E-state index contributed by atoms with van der Waals surface area (Å²) in [5, 5.41) is 3.70. The fourth-order valence-electron chi connectivity index (χ4n) is 2.80. The molecule has 1 saturated heterocycles. The molecule has 1 N–H and O–H groups in total. The molecule has 7 heteroatoms. The van der Waals surface area contributed by atoms with E-state index in [0.29, 0.717) is 23.8 Å². The van der Waals surface area contributed by atoms with Crippen molar-refractivity contribution in [3.8, 4) is 5.75 Å². The van der Waals surface area contributed by atoms with Crippen LogP contribution in [0.15, 0.2) is 42.7 Å². The predicted molar refractivity (Wildman–Crippen MR) is 97.0 cm³/mol. The third-order valence-electron chi connectivity index (χ3n) is 4.09. The Morgan fingerprint density at radius 1 is 1.24 bits per heavy atom. The number of carbonyl (C=O) groups is 1. The van der Waals surface area contributed by atoms with Crippen molar-refractivity contribution in [3.63, 3.8) is 0 Å². The maximum Gasteiger partial charge on any atom is 0.225 e. The van der Waals surface area contributed by atoms with Crippen molar-refractivity contribution in [3.05, 3.63) is 47.7 Å². The highest BCUT2D eigenvalue weighted by atomic mass is 35.5. The second-order valence-electron chi connectivity index (χ2n) is 5.93. The first-order chi connectivity index (χ1) is 12.2. The number of benzene rings is 1.